The summed E-state index contributed by atoms with van der Waals surface area (Å²) in [7, 11) is 0. The molecule has 0 radical (unpaired) electrons. The average molecular weight is 602 g/mol. The third-order valence-corrected chi connectivity index (χ3v) is 9.37. The zero-order valence-electron chi connectivity index (χ0n) is 22.6. The number of hydrogen-bond acceptors (Lipinski definition) is 8. The first-order chi connectivity index (χ1) is 20.1. The van der Waals surface area contributed by atoms with Crippen LogP contribution in [-0.4, -0.2) is 40.5 Å². The Hall–Kier alpha value is -3.51. The fourth-order valence-corrected chi connectivity index (χ4v) is 7.45. The van der Waals surface area contributed by atoms with Crippen molar-refractivity contribution in [3.63, 3.8) is 0 Å². The van der Waals surface area contributed by atoms with E-state index in [9.17, 15) is 22.4 Å². The molecule has 7 nitrogen and oxygen atoms in total. The Morgan fingerprint density at radius 1 is 1.12 bits per heavy atom. The van der Waals surface area contributed by atoms with E-state index in [0.717, 1.165) is 43.7 Å². The lowest BCUT2D eigenvalue weighted by atomic mass is 10.00. The molecule has 4 heterocycles. The van der Waals surface area contributed by atoms with Crippen LogP contribution in [0.25, 0.3) is 21.5 Å². The smallest absolute Gasteiger partial charge is 0.405 e. The zero-order chi connectivity index (χ0) is 29.2. The topological polar surface area (TPSA) is 77.7 Å². The number of thiazole rings is 1. The maximum Gasteiger partial charge on any atom is 0.573 e. The van der Waals surface area contributed by atoms with E-state index in [4.69, 9.17) is 9.26 Å². The summed E-state index contributed by atoms with van der Waals surface area (Å²) in [6.45, 7) is 1.58. The molecule has 0 amide bonds. The number of ether oxygens (including phenoxy) is 2. The normalized spacial score (nSPS) is 22.2. The number of hydrogen-bond donors (Lipinski definition) is 0. The minimum atomic E-state index is -4.84. The molecule has 1 saturated carbocycles. The number of para-hydroxylation sites is 1. The molecular formula is C30H27F4N3O4S. The summed E-state index contributed by atoms with van der Waals surface area (Å²) < 4.78 is 71.1. The summed E-state index contributed by atoms with van der Waals surface area (Å²) in [6, 6.07) is 9.19. The van der Waals surface area contributed by atoms with Gasteiger partial charge in [0.25, 0.3) is 0 Å². The number of carbonyl (C=O) groups excluding carboxylic acids is 1. The van der Waals surface area contributed by atoms with Gasteiger partial charge in [-0.15, -0.1) is 13.2 Å². The van der Waals surface area contributed by atoms with Gasteiger partial charge in [-0.3, -0.25) is 4.79 Å². The number of rotatable bonds is 8. The molecule has 2 aromatic carbocycles. The van der Waals surface area contributed by atoms with Gasteiger partial charge in [-0.1, -0.05) is 28.6 Å². The van der Waals surface area contributed by atoms with Gasteiger partial charge in [-0.25, -0.2) is 9.37 Å². The van der Waals surface area contributed by atoms with E-state index in [1.54, 1.807) is 12.1 Å². The van der Waals surface area contributed by atoms with Crippen molar-refractivity contribution < 1.29 is 36.4 Å². The first kappa shape index (κ1) is 27.3. The monoisotopic (exact) mass is 601 g/mol. The largest absolute Gasteiger partial charge is 0.573 e. The molecule has 4 aromatic rings. The highest BCUT2D eigenvalue weighted by Crippen LogP contribution is 2.47. The first-order valence-corrected chi connectivity index (χ1v) is 14.8. The number of benzene rings is 2. The Kier molecular flexibility index (Phi) is 6.73. The summed E-state index contributed by atoms with van der Waals surface area (Å²) in [5.41, 5.74) is 1.78. The van der Waals surface area contributed by atoms with Gasteiger partial charge in [0.2, 0.25) is 0 Å². The van der Waals surface area contributed by atoms with E-state index in [1.165, 1.54) is 42.5 Å². The van der Waals surface area contributed by atoms with E-state index < -0.39 is 12.2 Å². The molecule has 2 saturated heterocycles. The predicted molar refractivity (Wildman–Crippen MR) is 147 cm³/mol. The number of fused-ring (bicyclic) bond motifs is 3. The van der Waals surface area contributed by atoms with E-state index >= 15 is 0 Å². The molecule has 2 aliphatic heterocycles. The van der Waals surface area contributed by atoms with E-state index in [0.29, 0.717) is 27.3 Å². The van der Waals surface area contributed by atoms with Crippen molar-refractivity contribution in [1.82, 2.24) is 10.1 Å². The van der Waals surface area contributed by atoms with Crippen LogP contribution in [0.4, 0.5) is 22.7 Å². The number of anilines is 1. The molecule has 1 aliphatic carbocycles. The fraction of sp³-hybridized carbons (Fsp3) is 0.433. The molecule has 3 fully saturated rings. The second kappa shape index (κ2) is 10.3. The molecule has 220 valence electrons. The number of aromatic nitrogens is 2. The molecule has 2 aromatic heterocycles. The lowest BCUT2D eigenvalue weighted by molar-refractivity contribution is -0.274. The van der Waals surface area contributed by atoms with Crippen LogP contribution in [0.15, 0.2) is 40.9 Å². The van der Waals surface area contributed by atoms with Gasteiger partial charge in [-0.05, 0) is 69.7 Å². The standard InChI is InChI=1S/C30H27F4N3O4S/c1-15(38)17-10-23(31)27-25(11-17)42-29(35-27)37-18-8-9-19(37)13-20(12-18)39-14-22-26(36-41-28(22)16-6-7-16)21-4-2-3-5-24(21)40-30(32,33)34/h2-5,10-11,16,18-20H,6-9,12-14H2,1H3/t18-,19?,20?/m0/s1. The zero-order valence-corrected chi connectivity index (χ0v) is 23.4. The number of carbonyl (C=O) groups is 1. The molecule has 0 spiro atoms. The summed E-state index contributed by atoms with van der Waals surface area (Å²) in [4.78, 5) is 18.7. The lowest BCUT2D eigenvalue weighted by Gasteiger charge is -2.38. The average Bonchev–Trinajstić information content (AvgIpc) is 3.45. The Labute approximate surface area is 242 Å². The van der Waals surface area contributed by atoms with E-state index in [2.05, 4.69) is 19.8 Å². The molecule has 12 heteroatoms. The highest BCUT2D eigenvalue weighted by molar-refractivity contribution is 7.22. The van der Waals surface area contributed by atoms with Crippen LogP contribution in [0.1, 0.15) is 73.0 Å². The Morgan fingerprint density at radius 2 is 1.86 bits per heavy atom. The lowest BCUT2D eigenvalue weighted by Crippen LogP contribution is -2.45. The quantitative estimate of drug-likeness (QED) is 0.151. The Balaban J connectivity index is 1.10. The summed E-state index contributed by atoms with van der Waals surface area (Å²) >= 11 is 1.40. The summed E-state index contributed by atoms with van der Waals surface area (Å²) in [5.74, 6) is -0.184. The van der Waals surface area contributed by atoms with E-state index in [-0.39, 0.29) is 53.3 Å². The van der Waals surface area contributed by atoms with Gasteiger partial charge < -0.3 is 18.9 Å². The minimum Gasteiger partial charge on any atom is -0.405 e. The van der Waals surface area contributed by atoms with Gasteiger partial charge in [0.1, 0.15) is 22.7 Å². The molecule has 42 heavy (non-hydrogen) atoms. The number of ketones is 1. The van der Waals surface area contributed by atoms with Gasteiger partial charge in [0.05, 0.1) is 17.4 Å². The number of Topliss-reactive ketones (excluding diaryl/α,β-unsaturated/α-hetero) is 1. The second-order valence-corrected chi connectivity index (χ2v) is 12.3. The van der Waals surface area contributed by atoms with Gasteiger partial charge in [0, 0.05) is 34.7 Å². The third-order valence-electron chi connectivity index (χ3n) is 8.35. The van der Waals surface area contributed by atoms with Crippen LogP contribution in [0.3, 0.4) is 0 Å². The maximum absolute atomic E-state index is 14.7. The minimum absolute atomic E-state index is 0.0781. The third kappa shape index (κ3) is 5.15. The van der Waals surface area contributed by atoms with Crippen LogP contribution in [-0.2, 0) is 11.3 Å². The molecule has 0 N–H and O–H groups in total. The van der Waals surface area contributed by atoms with Crippen LogP contribution in [0.5, 0.6) is 5.75 Å². The molecule has 2 unspecified atom stereocenters. The number of halogens is 4. The van der Waals surface area contributed by atoms with Crippen LogP contribution < -0.4 is 9.64 Å². The summed E-state index contributed by atoms with van der Waals surface area (Å²) in [5, 5.41) is 4.92. The molecule has 3 atom stereocenters. The number of piperidine rings is 1. The Bertz CT molecular complexity index is 1650. The molecule has 7 rings (SSSR count). The SMILES string of the molecule is CC(=O)c1cc(F)c2nc(N3C4CC[C@H]3CC(OCc3c(-c5ccccc5OC(F)(F)F)noc3C3CC3)C4)sc2c1. The number of nitrogens with zero attached hydrogens (tertiary/aromatic N) is 3. The molecular weight excluding hydrogens is 574 g/mol. The first-order valence-electron chi connectivity index (χ1n) is 14.0. The van der Waals surface area contributed by atoms with Crippen LogP contribution >= 0.6 is 11.3 Å². The molecule has 2 bridgehead atoms. The van der Waals surface area contributed by atoms with Crippen molar-refractivity contribution in [1.29, 1.82) is 0 Å². The second-order valence-electron chi connectivity index (χ2n) is 11.2. The Morgan fingerprint density at radius 3 is 2.55 bits per heavy atom. The summed E-state index contributed by atoms with van der Waals surface area (Å²) in [6.07, 6.45) is 0.328. The van der Waals surface area contributed by atoms with Crippen LogP contribution in [0.2, 0.25) is 0 Å². The van der Waals surface area contributed by atoms with Crippen molar-refractivity contribution in [3.05, 3.63) is 59.1 Å². The predicted octanol–water partition coefficient (Wildman–Crippen LogP) is 7.79. The van der Waals surface area contributed by atoms with Crippen molar-refractivity contribution in [2.45, 2.75) is 82.5 Å². The van der Waals surface area contributed by atoms with Gasteiger partial charge >= 0.3 is 6.36 Å². The molecule has 3 aliphatic rings. The highest BCUT2D eigenvalue weighted by atomic mass is 32.1. The number of alkyl halides is 3. The van der Waals surface area contributed by atoms with E-state index in [1.807, 2.05) is 0 Å². The maximum atomic E-state index is 14.7. The van der Waals surface area contributed by atoms with Crippen molar-refractivity contribution in [2.24, 2.45) is 0 Å². The van der Waals surface area contributed by atoms with Gasteiger partial charge in [-0.2, -0.15) is 0 Å². The highest BCUT2D eigenvalue weighted by Gasteiger charge is 2.43. The van der Waals surface area contributed by atoms with Crippen molar-refractivity contribution >= 4 is 32.5 Å². The van der Waals surface area contributed by atoms with Crippen LogP contribution in [0, 0.1) is 5.82 Å². The van der Waals surface area contributed by atoms with Crippen molar-refractivity contribution in [3.8, 4) is 17.0 Å². The fourth-order valence-electron chi connectivity index (χ4n) is 6.28. The van der Waals surface area contributed by atoms with Gasteiger partial charge in [0.15, 0.2) is 16.7 Å². The van der Waals surface area contributed by atoms with Crippen molar-refractivity contribution in [2.75, 3.05) is 4.90 Å².